The van der Waals surface area contributed by atoms with Gasteiger partial charge in [-0.25, -0.2) is 9.78 Å². The molecular formula is C10H14N4O4. The van der Waals surface area contributed by atoms with Crippen LogP contribution in [0.15, 0.2) is 23.8 Å². The van der Waals surface area contributed by atoms with Gasteiger partial charge in [-0.1, -0.05) is 6.08 Å². The van der Waals surface area contributed by atoms with Gasteiger partial charge in [0.2, 0.25) is 5.95 Å². The standard InChI is InChI=1S/C10H14N4O4/c1-2-5-6(3-15)18-8(7(5)16)14-4-12-9(11)13-10(14)17/h2,4-8,15-16H,1,3H2,(H2,11,13,17)/t5?,6-,7-,8-/m1/s1. The zero-order chi connectivity index (χ0) is 13.3. The fraction of sp³-hybridized carbons (Fsp3) is 0.500. The topological polar surface area (TPSA) is 123 Å². The van der Waals surface area contributed by atoms with Crippen molar-refractivity contribution >= 4 is 5.95 Å². The first-order valence-electron chi connectivity index (χ1n) is 5.36. The maximum absolute atomic E-state index is 11.6. The number of aromatic nitrogens is 3. The van der Waals surface area contributed by atoms with E-state index in [1.54, 1.807) is 0 Å². The van der Waals surface area contributed by atoms with E-state index in [1.165, 1.54) is 6.08 Å². The predicted molar refractivity (Wildman–Crippen MR) is 61.4 cm³/mol. The minimum absolute atomic E-state index is 0.150. The van der Waals surface area contributed by atoms with E-state index in [-0.39, 0.29) is 12.6 Å². The normalized spacial score (nSPS) is 31.4. The van der Waals surface area contributed by atoms with Crippen molar-refractivity contribution < 1.29 is 14.9 Å². The number of rotatable bonds is 3. The first-order valence-corrected chi connectivity index (χ1v) is 5.36. The van der Waals surface area contributed by atoms with Gasteiger partial charge in [0, 0.05) is 5.92 Å². The summed E-state index contributed by atoms with van der Waals surface area (Å²) in [4.78, 5) is 18.7. The first kappa shape index (κ1) is 12.7. The lowest BCUT2D eigenvalue weighted by Gasteiger charge is -2.16. The zero-order valence-corrected chi connectivity index (χ0v) is 9.51. The molecule has 1 unspecified atom stereocenters. The molecule has 0 aliphatic carbocycles. The van der Waals surface area contributed by atoms with Crippen LogP contribution in [0.4, 0.5) is 5.95 Å². The molecule has 0 bridgehead atoms. The Morgan fingerprint density at radius 2 is 2.39 bits per heavy atom. The van der Waals surface area contributed by atoms with Crippen LogP contribution in [0.3, 0.4) is 0 Å². The van der Waals surface area contributed by atoms with Crippen LogP contribution < -0.4 is 11.4 Å². The Morgan fingerprint density at radius 1 is 1.67 bits per heavy atom. The molecule has 0 spiro atoms. The highest BCUT2D eigenvalue weighted by molar-refractivity contribution is 5.10. The van der Waals surface area contributed by atoms with Crippen molar-refractivity contribution in [3.8, 4) is 0 Å². The fourth-order valence-corrected chi connectivity index (χ4v) is 1.98. The summed E-state index contributed by atoms with van der Waals surface area (Å²) >= 11 is 0. The van der Waals surface area contributed by atoms with Gasteiger partial charge in [-0.2, -0.15) is 4.98 Å². The van der Waals surface area contributed by atoms with Crippen LogP contribution in [0.2, 0.25) is 0 Å². The molecule has 2 rings (SSSR count). The van der Waals surface area contributed by atoms with Gasteiger partial charge in [-0.15, -0.1) is 6.58 Å². The van der Waals surface area contributed by atoms with E-state index in [9.17, 15) is 9.90 Å². The third kappa shape index (κ3) is 2.01. The molecule has 98 valence electrons. The molecular weight excluding hydrogens is 240 g/mol. The van der Waals surface area contributed by atoms with E-state index < -0.39 is 30.0 Å². The molecule has 0 amide bonds. The third-order valence-electron chi connectivity index (χ3n) is 2.90. The number of hydrogen-bond donors (Lipinski definition) is 3. The summed E-state index contributed by atoms with van der Waals surface area (Å²) < 4.78 is 6.44. The molecule has 4 N–H and O–H groups in total. The van der Waals surface area contributed by atoms with Gasteiger partial charge in [-0.3, -0.25) is 4.57 Å². The third-order valence-corrected chi connectivity index (χ3v) is 2.90. The van der Waals surface area contributed by atoms with Gasteiger partial charge in [0.05, 0.1) is 12.7 Å². The molecule has 0 radical (unpaired) electrons. The molecule has 1 aliphatic heterocycles. The molecule has 1 fully saturated rings. The monoisotopic (exact) mass is 254 g/mol. The maximum atomic E-state index is 11.6. The molecule has 1 aromatic heterocycles. The van der Waals surface area contributed by atoms with E-state index in [2.05, 4.69) is 16.5 Å². The smallest absolute Gasteiger partial charge is 0.354 e. The second kappa shape index (κ2) is 4.84. The highest BCUT2D eigenvalue weighted by atomic mass is 16.5. The highest BCUT2D eigenvalue weighted by Gasteiger charge is 2.43. The van der Waals surface area contributed by atoms with E-state index in [1.807, 2.05) is 0 Å². The van der Waals surface area contributed by atoms with Crippen molar-refractivity contribution in [1.82, 2.24) is 14.5 Å². The number of aliphatic hydroxyl groups is 2. The van der Waals surface area contributed by atoms with Crippen LogP contribution in [0.25, 0.3) is 0 Å². The average Bonchev–Trinajstić information content (AvgIpc) is 2.66. The van der Waals surface area contributed by atoms with Crippen LogP contribution in [-0.2, 0) is 4.74 Å². The zero-order valence-electron chi connectivity index (χ0n) is 9.51. The van der Waals surface area contributed by atoms with E-state index >= 15 is 0 Å². The average molecular weight is 254 g/mol. The van der Waals surface area contributed by atoms with Gasteiger partial charge in [0.1, 0.15) is 12.4 Å². The summed E-state index contributed by atoms with van der Waals surface area (Å²) in [5, 5.41) is 19.2. The van der Waals surface area contributed by atoms with Crippen molar-refractivity contribution in [3.05, 3.63) is 29.5 Å². The van der Waals surface area contributed by atoms with Crippen molar-refractivity contribution in [1.29, 1.82) is 0 Å². The summed E-state index contributed by atoms with van der Waals surface area (Å²) in [6.45, 7) is 3.28. The number of nitrogens with zero attached hydrogens (tertiary/aromatic N) is 3. The molecule has 1 aliphatic rings. The number of hydrogen-bond acceptors (Lipinski definition) is 7. The van der Waals surface area contributed by atoms with Crippen molar-refractivity contribution in [2.45, 2.75) is 18.4 Å². The molecule has 18 heavy (non-hydrogen) atoms. The quantitative estimate of drug-likeness (QED) is 0.548. The van der Waals surface area contributed by atoms with Gasteiger partial charge in [0.25, 0.3) is 0 Å². The van der Waals surface area contributed by atoms with Crippen LogP contribution in [0.1, 0.15) is 6.23 Å². The minimum atomic E-state index is -1.01. The molecule has 4 atom stereocenters. The fourth-order valence-electron chi connectivity index (χ4n) is 1.98. The molecule has 0 saturated carbocycles. The summed E-state index contributed by atoms with van der Waals surface area (Å²) in [7, 11) is 0. The van der Waals surface area contributed by atoms with E-state index in [0.29, 0.717) is 0 Å². The Kier molecular flexibility index (Phi) is 3.41. The molecule has 8 nitrogen and oxygen atoms in total. The summed E-state index contributed by atoms with van der Waals surface area (Å²) in [6.07, 6.45) is 0.0440. The van der Waals surface area contributed by atoms with Gasteiger partial charge >= 0.3 is 5.69 Å². The van der Waals surface area contributed by atoms with Gasteiger partial charge in [0.15, 0.2) is 6.23 Å². The Balaban J connectivity index is 2.34. The van der Waals surface area contributed by atoms with Crippen LogP contribution in [0.5, 0.6) is 0 Å². The van der Waals surface area contributed by atoms with Crippen LogP contribution in [0, 0.1) is 5.92 Å². The lowest BCUT2D eigenvalue weighted by atomic mass is 9.99. The van der Waals surface area contributed by atoms with E-state index in [4.69, 9.17) is 15.6 Å². The lowest BCUT2D eigenvalue weighted by molar-refractivity contribution is -0.0538. The first-order chi connectivity index (χ1) is 8.58. The number of nitrogens with two attached hydrogens (primary N) is 1. The lowest BCUT2D eigenvalue weighted by Crippen LogP contribution is -2.33. The van der Waals surface area contributed by atoms with Crippen molar-refractivity contribution in [2.75, 3.05) is 12.3 Å². The number of anilines is 1. The largest absolute Gasteiger partial charge is 0.394 e. The number of aliphatic hydroxyl groups excluding tert-OH is 2. The SMILES string of the molecule is C=CC1[C@@H](O)[C@H](n2cnc(N)nc2=O)O[C@@H]1CO. The maximum Gasteiger partial charge on any atom is 0.354 e. The second-order valence-electron chi connectivity index (χ2n) is 3.96. The molecule has 0 aromatic carbocycles. The summed E-state index contributed by atoms with van der Waals surface area (Å²) in [5.74, 6) is -0.618. The van der Waals surface area contributed by atoms with Gasteiger partial charge < -0.3 is 20.7 Å². The second-order valence-corrected chi connectivity index (χ2v) is 3.96. The molecule has 2 heterocycles. The summed E-state index contributed by atoms with van der Waals surface area (Å²) in [6, 6.07) is 0. The Morgan fingerprint density at radius 3 is 2.89 bits per heavy atom. The number of ether oxygens (including phenoxy) is 1. The Bertz CT molecular complexity index is 503. The molecule has 1 saturated heterocycles. The van der Waals surface area contributed by atoms with Crippen molar-refractivity contribution in [3.63, 3.8) is 0 Å². The Labute approximate surface area is 102 Å². The van der Waals surface area contributed by atoms with E-state index in [0.717, 1.165) is 10.9 Å². The van der Waals surface area contributed by atoms with Crippen LogP contribution >= 0.6 is 0 Å². The highest BCUT2D eigenvalue weighted by Crippen LogP contribution is 2.33. The Hall–Kier alpha value is -1.77. The number of nitrogen functional groups attached to an aromatic ring is 1. The van der Waals surface area contributed by atoms with Crippen LogP contribution in [-0.4, -0.2) is 43.6 Å². The predicted octanol–water partition coefficient (Wildman–Crippen LogP) is -1.73. The van der Waals surface area contributed by atoms with Crippen molar-refractivity contribution in [2.24, 2.45) is 5.92 Å². The van der Waals surface area contributed by atoms with Gasteiger partial charge in [-0.05, 0) is 0 Å². The molecule has 8 heteroatoms. The molecule has 1 aromatic rings. The summed E-state index contributed by atoms with van der Waals surface area (Å²) in [5.41, 5.74) is 4.60. The minimum Gasteiger partial charge on any atom is -0.394 e.